The third-order valence-corrected chi connectivity index (χ3v) is 6.09. The van der Waals surface area contributed by atoms with Gasteiger partial charge in [-0.15, -0.1) is 0 Å². The fourth-order valence-corrected chi connectivity index (χ4v) is 4.29. The normalized spacial score (nSPS) is 17.5. The molecule has 1 aromatic carbocycles. The topological polar surface area (TPSA) is 83.7 Å². The van der Waals surface area contributed by atoms with Crippen LogP contribution in [0.15, 0.2) is 27.6 Å². The van der Waals surface area contributed by atoms with Crippen molar-refractivity contribution in [1.29, 1.82) is 0 Å². The lowest BCUT2D eigenvalue weighted by Crippen LogP contribution is -2.36. The Hall–Kier alpha value is -1.12. The standard InChI is InChI=1S/C13H18BrN3O3S/c1-10(18)16-5-2-6-17(8-7-16)21(19,20)11-3-4-13(15)12(14)9-11/h3-4,9H,2,5-8,15H2,1H3. The molecule has 1 aromatic rings. The number of hydrogen-bond donors (Lipinski definition) is 1. The molecule has 1 aliphatic heterocycles. The number of carbonyl (C=O) groups excluding carboxylic acids is 1. The van der Waals surface area contributed by atoms with Crippen LogP contribution in [-0.2, 0) is 14.8 Å². The fraction of sp³-hybridized carbons (Fsp3) is 0.462. The van der Waals surface area contributed by atoms with Crippen molar-refractivity contribution >= 4 is 37.5 Å². The van der Waals surface area contributed by atoms with Gasteiger partial charge in [0.2, 0.25) is 15.9 Å². The lowest BCUT2D eigenvalue weighted by atomic mass is 10.3. The molecule has 0 atom stereocenters. The molecule has 1 saturated heterocycles. The summed E-state index contributed by atoms with van der Waals surface area (Å²) < 4.78 is 27.3. The number of benzene rings is 1. The van der Waals surface area contributed by atoms with E-state index in [4.69, 9.17) is 5.73 Å². The summed E-state index contributed by atoms with van der Waals surface area (Å²) >= 11 is 3.25. The van der Waals surface area contributed by atoms with Crippen LogP contribution in [0.25, 0.3) is 0 Å². The van der Waals surface area contributed by atoms with Crippen LogP contribution < -0.4 is 5.73 Å². The minimum absolute atomic E-state index is 0.0236. The first kappa shape index (κ1) is 16.3. The number of rotatable bonds is 2. The van der Waals surface area contributed by atoms with Crippen molar-refractivity contribution < 1.29 is 13.2 Å². The fourth-order valence-electron chi connectivity index (χ4n) is 2.27. The number of hydrogen-bond acceptors (Lipinski definition) is 4. The molecule has 21 heavy (non-hydrogen) atoms. The molecule has 1 amide bonds. The van der Waals surface area contributed by atoms with Gasteiger partial charge in [0.25, 0.3) is 0 Å². The van der Waals surface area contributed by atoms with Crippen LogP contribution in [0.2, 0.25) is 0 Å². The van der Waals surface area contributed by atoms with Crippen LogP contribution >= 0.6 is 15.9 Å². The highest BCUT2D eigenvalue weighted by molar-refractivity contribution is 9.10. The van der Waals surface area contributed by atoms with Gasteiger partial charge in [0.15, 0.2) is 0 Å². The van der Waals surface area contributed by atoms with Gasteiger partial charge in [-0.2, -0.15) is 4.31 Å². The highest BCUT2D eigenvalue weighted by Crippen LogP contribution is 2.25. The number of nitrogens with two attached hydrogens (primary N) is 1. The van der Waals surface area contributed by atoms with Crippen molar-refractivity contribution in [2.24, 2.45) is 0 Å². The lowest BCUT2D eigenvalue weighted by Gasteiger charge is -2.21. The molecule has 0 saturated carbocycles. The van der Waals surface area contributed by atoms with Crippen molar-refractivity contribution in [3.8, 4) is 0 Å². The summed E-state index contributed by atoms with van der Waals surface area (Å²) in [5, 5.41) is 0. The van der Waals surface area contributed by atoms with Gasteiger partial charge < -0.3 is 10.6 Å². The first-order valence-corrected chi connectivity index (χ1v) is 8.86. The monoisotopic (exact) mass is 375 g/mol. The van der Waals surface area contributed by atoms with Crippen LogP contribution in [0.1, 0.15) is 13.3 Å². The maximum atomic E-state index is 12.6. The minimum atomic E-state index is -3.56. The Balaban J connectivity index is 2.23. The van der Waals surface area contributed by atoms with Gasteiger partial charge in [0.1, 0.15) is 0 Å². The van der Waals surface area contributed by atoms with Gasteiger partial charge in [0, 0.05) is 43.3 Å². The van der Waals surface area contributed by atoms with Crippen LogP contribution in [0, 0.1) is 0 Å². The average molecular weight is 376 g/mol. The number of sulfonamides is 1. The Labute approximate surface area is 133 Å². The molecule has 0 unspecified atom stereocenters. The predicted octanol–water partition coefficient (Wildman–Crippen LogP) is 1.27. The minimum Gasteiger partial charge on any atom is -0.398 e. The molecule has 0 spiro atoms. The summed E-state index contributed by atoms with van der Waals surface area (Å²) in [6, 6.07) is 4.58. The van der Waals surface area contributed by atoms with E-state index in [-0.39, 0.29) is 10.8 Å². The molecule has 0 aliphatic carbocycles. The van der Waals surface area contributed by atoms with Crippen LogP contribution in [0.5, 0.6) is 0 Å². The first-order valence-electron chi connectivity index (χ1n) is 6.63. The van der Waals surface area contributed by atoms with E-state index in [1.165, 1.54) is 23.4 Å². The van der Waals surface area contributed by atoms with E-state index in [0.29, 0.717) is 42.8 Å². The molecule has 1 heterocycles. The molecule has 116 valence electrons. The van der Waals surface area contributed by atoms with E-state index in [9.17, 15) is 13.2 Å². The molecule has 2 N–H and O–H groups in total. The highest BCUT2D eigenvalue weighted by atomic mass is 79.9. The summed E-state index contributed by atoms with van der Waals surface area (Å²) in [7, 11) is -3.56. The highest BCUT2D eigenvalue weighted by Gasteiger charge is 2.27. The Morgan fingerprint density at radius 3 is 2.57 bits per heavy atom. The van der Waals surface area contributed by atoms with E-state index in [2.05, 4.69) is 15.9 Å². The number of anilines is 1. The average Bonchev–Trinajstić information content (AvgIpc) is 2.68. The molecule has 1 fully saturated rings. The van der Waals surface area contributed by atoms with Gasteiger partial charge in [-0.3, -0.25) is 4.79 Å². The molecular formula is C13H18BrN3O3S. The van der Waals surface area contributed by atoms with E-state index >= 15 is 0 Å². The van der Waals surface area contributed by atoms with Crippen molar-refractivity contribution in [1.82, 2.24) is 9.21 Å². The number of amides is 1. The molecule has 0 radical (unpaired) electrons. The second kappa shape index (κ2) is 6.33. The number of halogens is 1. The Morgan fingerprint density at radius 2 is 1.95 bits per heavy atom. The van der Waals surface area contributed by atoms with Gasteiger partial charge in [-0.1, -0.05) is 0 Å². The Morgan fingerprint density at radius 1 is 1.24 bits per heavy atom. The van der Waals surface area contributed by atoms with Gasteiger partial charge in [0.05, 0.1) is 4.90 Å². The quantitative estimate of drug-likeness (QED) is 0.788. The Kier molecular flexibility index (Phi) is 4.90. The zero-order valence-corrected chi connectivity index (χ0v) is 14.2. The molecule has 1 aliphatic rings. The molecule has 8 heteroatoms. The molecule has 0 aromatic heterocycles. The largest absolute Gasteiger partial charge is 0.398 e. The van der Waals surface area contributed by atoms with Crippen molar-refractivity contribution in [3.63, 3.8) is 0 Å². The molecule has 2 rings (SSSR count). The van der Waals surface area contributed by atoms with Crippen LogP contribution in [0.4, 0.5) is 5.69 Å². The van der Waals surface area contributed by atoms with Gasteiger partial charge in [-0.25, -0.2) is 8.42 Å². The summed E-state index contributed by atoms with van der Waals surface area (Å²) in [5.41, 5.74) is 6.18. The SMILES string of the molecule is CC(=O)N1CCCN(S(=O)(=O)c2ccc(N)c(Br)c2)CC1. The Bertz CT molecular complexity index is 648. The van der Waals surface area contributed by atoms with E-state index < -0.39 is 10.0 Å². The zero-order valence-electron chi connectivity index (χ0n) is 11.8. The van der Waals surface area contributed by atoms with E-state index in [0.717, 1.165) is 0 Å². The second-order valence-electron chi connectivity index (χ2n) is 4.95. The van der Waals surface area contributed by atoms with E-state index in [1.54, 1.807) is 11.0 Å². The summed E-state index contributed by atoms with van der Waals surface area (Å²) in [5.74, 6) is -0.0236. The third-order valence-electron chi connectivity index (χ3n) is 3.51. The van der Waals surface area contributed by atoms with E-state index in [1.807, 2.05) is 0 Å². The van der Waals surface area contributed by atoms with Crippen molar-refractivity contribution in [2.45, 2.75) is 18.2 Å². The number of nitrogens with zero attached hydrogens (tertiary/aromatic N) is 2. The molecule has 6 nitrogen and oxygen atoms in total. The first-order chi connectivity index (χ1) is 9.82. The smallest absolute Gasteiger partial charge is 0.243 e. The molecule has 0 bridgehead atoms. The number of nitrogen functional groups attached to an aromatic ring is 1. The second-order valence-corrected chi connectivity index (χ2v) is 7.74. The maximum Gasteiger partial charge on any atom is 0.243 e. The van der Waals surface area contributed by atoms with Crippen molar-refractivity contribution in [3.05, 3.63) is 22.7 Å². The summed E-state index contributed by atoms with van der Waals surface area (Å²) in [4.78, 5) is 13.3. The maximum absolute atomic E-state index is 12.6. The van der Waals surface area contributed by atoms with Gasteiger partial charge >= 0.3 is 0 Å². The summed E-state index contributed by atoms with van der Waals surface area (Å²) in [6.45, 7) is 3.23. The number of carbonyl (C=O) groups is 1. The molecular weight excluding hydrogens is 358 g/mol. The lowest BCUT2D eigenvalue weighted by molar-refractivity contribution is -0.128. The zero-order chi connectivity index (χ0) is 15.6. The predicted molar refractivity (Wildman–Crippen MR) is 84.2 cm³/mol. The van der Waals surface area contributed by atoms with Crippen molar-refractivity contribution in [2.75, 3.05) is 31.9 Å². The third kappa shape index (κ3) is 3.56. The summed E-state index contributed by atoms with van der Waals surface area (Å²) in [6.07, 6.45) is 0.634. The van der Waals surface area contributed by atoms with Crippen LogP contribution in [0.3, 0.4) is 0 Å². The van der Waals surface area contributed by atoms with Crippen LogP contribution in [-0.4, -0.2) is 49.7 Å². The van der Waals surface area contributed by atoms with Gasteiger partial charge in [-0.05, 0) is 40.5 Å².